The lowest BCUT2D eigenvalue weighted by atomic mass is 10.2. The Morgan fingerprint density at radius 1 is 1.44 bits per heavy atom. The van der Waals surface area contributed by atoms with Gasteiger partial charge in [-0.3, -0.25) is 14.7 Å². The number of aromatic nitrogens is 3. The Morgan fingerprint density at radius 3 is 2.83 bits per heavy atom. The van der Waals surface area contributed by atoms with Crippen LogP contribution in [0.1, 0.15) is 27.3 Å². The van der Waals surface area contributed by atoms with Crippen LogP contribution in [0.25, 0.3) is 0 Å². The number of carbonyl (C=O) groups is 1. The number of nitrogens with one attached hydrogen (secondary N) is 3. The zero-order valence-electron chi connectivity index (χ0n) is 10.2. The molecular formula is C12H14N4O2. The summed E-state index contributed by atoms with van der Waals surface area (Å²) in [5.74, 6) is -0.392. The molecule has 2 heterocycles. The van der Waals surface area contributed by atoms with Gasteiger partial charge in [0.05, 0.1) is 6.20 Å². The van der Waals surface area contributed by atoms with Crippen LogP contribution in [0.2, 0.25) is 0 Å². The van der Waals surface area contributed by atoms with Gasteiger partial charge in [-0.1, -0.05) is 0 Å². The third kappa shape index (κ3) is 2.48. The minimum atomic E-state index is -0.392. The average Bonchev–Trinajstić information content (AvgIpc) is 2.72. The van der Waals surface area contributed by atoms with Crippen molar-refractivity contribution in [3.05, 3.63) is 51.2 Å². The molecule has 0 aliphatic heterocycles. The number of carbonyl (C=O) groups excluding carboxylic acids is 1. The molecule has 2 aromatic heterocycles. The van der Waals surface area contributed by atoms with Gasteiger partial charge in [-0.2, -0.15) is 5.10 Å². The van der Waals surface area contributed by atoms with Crippen LogP contribution >= 0.6 is 0 Å². The fourth-order valence-corrected chi connectivity index (χ4v) is 1.58. The molecule has 0 aliphatic rings. The van der Waals surface area contributed by atoms with Crippen LogP contribution in [-0.4, -0.2) is 21.1 Å². The zero-order valence-corrected chi connectivity index (χ0v) is 10.2. The average molecular weight is 246 g/mol. The molecule has 0 unspecified atom stereocenters. The summed E-state index contributed by atoms with van der Waals surface area (Å²) in [4.78, 5) is 26.3. The van der Waals surface area contributed by atoms with Crippen molar-refractivity contribution < 1.29 is 4.79 Å². The molecule has 18 heavy (non-hydrogen) atoms. The quantitative estimate of drug-likeness (QED) is 0.742. The fraction of sp³-hybridized carbons (Fsp3) is 0.250. The van der Waals surface area contributed by atoms with Crippen molar-refractivity contribution in [2.75, 3.05) is 0 Å². The molecule has 0 radical (unpaired) electrons. The number of aromatic amines is 2. The van der Waals surface area contributed by atoms with Crippen LogP contribution in [-0.2, 0) is 6.54 Å². The molecule has 0 atom stereocenters. The Balaban J connectivity index is 2.09. The largest absolute Gasteiger partial charge is 0.364 e. The number of hydrogen-bond acceptors (Lipinski definition) is 3. The van der Waals surface area contributed by atoms with E-state index in [1.165, 1.54) is 12.3 Å². The number of amides is 1. The zero-order chi connectivity index (χ0) is 13.1. The summed E-state index contributed by atoms with van der Waals surface area (Å²) < 4.78 is 0. The van der Waals surface area contributed by atoms with Gasteiger partial charge in [-0.25, -0.2) is 0 Å². The third-order valence-electron chi connectivity index (χ3n) is 2.68. The summed E-state index contributed by atoms with van der Waals surface area (Å²) in [6, 6.07) is 1.40. The molecule has 2 rings (SSSR count). The second kappa shape index (κ2) is 4.87. The molecule has 0 spiro atoms. The molecule has 0 aromatic carbocycles. The molecule has 0 bridgehead atoms. The van der Waals surface area contributed by atoms with Gasteiger partial charge in [0.2, 0.25) is 0 Å². The summed E-state index contributed by atoms with van der Waals surface area (Å²) in [5, 5.41) is 9.32. The fourth-order valence-electron chi connectivity index (χ4n) is 1.58. The maximum absolute atomic E-state index is 11.8. The summed E-state index contributed by atoms with van der Waals surface area (Å²) in [5.41, 5.74) is 2.34. The lowest BCUT2D eigenvalue weighted by Crippen LogP contribution is -2.28. The van der Waals surface area contributed by atoms with E-state index in [0.29, 0.717) is 6.54 Å². The highest BCUT2D eigenvalue weighted by molar-refractivity contribution is 5.93. The van der Waals surface area contributed by atoms with Gasteiger partial charge in [0.1, 0.15) is 5.56 Å². The minimum Gasteiger partial charge on any atom is -0.364 e. The van der Waals surface area contributed by atoms with E-state index in [2.05, 4.69) is 20.5 Å². The van der Waals surface area contributed by atoms with Crippen LogP contribution < -0.4 is 10.7 Å². The van der Waals surface area contributed by atoms with E-state index < -0.39 is 5.91 Å². The van der Waals surface area contributed by atoms with E-state index in [-0.39, 0.29) is 11.0 Å². The maximum atomic E-state index is 11.8. The lowest BCUT2D eigenvalue weighted by Gasteiger charge is -2.04. The van der Waals surface area contributed by atoms with Gasteiger partial charge >= 0.3 is 0 Å². The van der Waals surface area contributed by atoms with Gasteiger partial charge in [-0.05, 0) is 13.8 Å². The van der Waals surface area contributed by atoms with Crippen molar-refractivity contribution in [2.45, 2.75) is 20.4 Å². The lowest BCUT2D eigenvalue weighted by molar-refractivity contribution is 0.0949. The number of pyridine rings is 1. The summed E-state index contributed by atoms with van der Waals surface area (Å²) >= 11 is 0. The van der Waals surface area contributed by atoms with Gasteiger partial charge in [0.25, 0.3) is 5.91 Å². The highest BCUT2D eigenvalue weighted by atomic mass is 16.2. The minimum absolute atomic E-state index is 0.113. The first kappa shape index (κ1) is 12.1. The van der Waals surface area contributed by atoms with E-state index in [1.807, 2.05) is 6.92 Å². The number of aryl methyl sites for hydroxylation is 2. The van der Waals surface area contributed by atoms with Crippen molar-refractivity contribution in [1.82, 2.24) is 20.5 Å². The van der Waals surface area contributed by atoms with Crippen molar-refractivity contribution >= 4 is 5.91 Å². The van der Waals surface area contributed by atoms with E-state index in [9.17, 15) is 9.59 Å². The second-order valence-corrected chi connectivity index (χ2v) is 4.10. The van der Waals surface area contributed by atoms with Crippen molar-refractivity contribution in [3.63, 3.8) is 0 Å². The summed E-state index contributed by atoms with van der Waals surface area (Å²) in [7, 11) is 0. The topological polar surface area (TPSA) is 90.6 Å². The number of hydrogen-bond donors (Lipinski definition) is 3. The summed E-state index contributed by atoms with van der Waals surface area (Å²) in [6.45, 7) is 3.97. The molecule has 3 N–H and O–H groups in total. The van der Waals surface area contributed by atoms with Crippen LogP contribution in [0, 0.1) is 13.8 Å². The van der Waals surface area contributed by atoms with Crippen LogP contribution in [0.5, 0.6) is 0 Å². The molecule has 0 aliphatic carbocycles. The normalized spacial score (nSPS) is 10.3. The molecular weight excluding hydrogens is 232 g/mol. The van der Waals surface area contributed by atoms with E-state index in [4.69, 9.17) is 0 Å². The molecule has 0 fully saturated rings. The first-order valence-electron chi connectivity index (χ1n) is 5.54. The predicted molar refractivity (Wildman–Crippen MR) is 66.3 cm³/mol. The Bertz CT molecular complexity index is 627. The Labute approximate surface area is 103 Å². The van der Waals surface area contributed by atoms with Crippen LogP contribution in [0.3, 0.4) is 0 Å². The SMILES string of the molecule is Cc1cc(=O)c(C(=O)NCc2cn[nH]c2C)c[nH]1. The predicted octanol–water partition coefficient (Wildman–Crippen LogP) is 0.645. The summed E-state index contributed by atoms with van der Waals surface area (Å²) in [6.07, 6.45) is 3.07. The first-order chi connectivity index (χ1) is 8.58. The van der Waals surface area contributed by atoms with Gasteiger partial charge < -0.3 is 10.3 Å². The standard InChI is InChI=1S/C12H14N4O2/c1-7-3-11(17)10(6-13-7)12(18)14-4-9-5-15-16-8(9)2/h3,5-6H,4H2,1-2H3,(H,13,17)(H,14,18)(H,15,16). The molecule has 6 nitrogen and oxygen atoms in total. The van der Waals surface area contributed by atoms with Crippen LogP contribution in [0.15, 0.2) is 23.3 Å². The smallest absolute Gasteiger partial charge is 0.257 e. The van der Waals surface area contributed by atoms with Gasteiger partial charge in [0, 0.05) is 35.8 Å². The van der Waals surface area contributed by atoms with Crippen molar-refractivity contribution in [2.24, 2.45) is 0 Å². The number of rotatable bonds is 3. The van der Waals surface area contributed by atoms with E-state index >= 15 is 0 Å². The van der Waals surface area contributed by atoms with Gasteiger partial charge in [-0.15, -0.1) is 0 Å². The van der Waals surface area contributed by atoms with Gasteiger partial charge in [0.15, 0.2) is 5.43 Å². The Hall–Kier alpha value is -2.37. The van der Waals surface area contributed by atoms with Crippen molar-refractivity contribution in [1.29, 1.82) is 0 Å². The third-order valence-corrected chi connectivity index (χ3v) is 2.68. The van der Waals surface area contributed by atoms with Crippen LogP contribution in [0.4, 0.5) is 0 Å². The molecule has 1 amide bonds. The highest BCUT2D eigenvalue weighted by Gasteiger charge is 2.10. The molecule has 94 valence electrons. The molecule has 0 saturated carbocycles. The number of H-pyrrole nitrogens is 2. The first-order valence-corrected chi connectivity index (χ1v) is 5.54. The number of nitrogens with zero attached hydrogens (tertiary/aromatic N) is 1. The Kier molecular flexibility index (Phi) is 3.27. The van der Waals surface area contributed by atoms with E-state index in [1.54, 1.807) is 13.1 Å². The Morgan fingerprint density at radius 2 is 2.22 bits per heavy atom. The van der Waals surface area contributed by atoms with E-state index in [0.717, 1.165) is 17.0 Å². The maximum Gasteiger partial charge on any atom is 0.257 e. The second-order valence-electron chi connectivity index (χ2n) is 4.10. The molecule has 6 heteroatoms. The highest BCUT2D eigenvalue weighted by Crippen LogP contribution is 2.02. The molecule has 2 aromatic rings. The monoisotopic (exact) mass is 246 g/mol. The molecule has 0 saturated heterocycles. The van der Waals surface area contributed by atoms with Crippen molar-refractivity contribution in [3.8, 4) is 0 Å².